The largest absolute Gasteiger partial charge is 0.329 e. The molecule has 0 amide bonds. The van der Waals surface area contributed by atoms with Gasteiger partial charge >= 0.3 is 0 Å². The van der Waals surface area contributed by atoms with Gasteiger partial charge in [-0.1, -0.05) is 43.1 Å². The first-order chi connectivity index (χ1) is 9.44. The Hall–Kier alpha value is 0.0700. The molecule has 1 aliphatic rings. The number of rotatable bonds is 3. The topological polar surface area (TPSA) is 29.3 Å². The molecule has 1 aliphatic heterocycles. The average Bonchev–Trinajstić information content (AvgIpc) is 2.55. The van der Waals surface area contributed by atoms with Crippen molar-refractivity contribution in [2.24, 2.45) is 5.73 Å². The Balaban J connectivity index is 2.24. The molecule has 112 valence electrons. The van der Waals surface area contributed by atoms with Crippen molar-refractivity contribution in [3.8, 4) is 0 Å². The van der Waals surface area contributed by atoms with Crippen LogP contribution in [0.25, 0.3) is 0 Å². The summed E-state index contributed by atoms with van der Waals surface area (Å²) in [6.45, 7) is 7.21. The van der Waals surface area contributed by atoms with E-state index in [1.165, 1.54) is 0 Å². The van der Waals surface area contributed by atoms with Gasteiger partial charge in [0.2, 0.25) is 0 Å². The molecule has 1 saturated heterocycles. The number of nitrogens with zero attached hydrogens (tertiary/aromatic N) is 1. The first-order valence-corrected chi connectivity index (χ1v) is 8.71. The predicted molar refractivity (Wildman–Crippen MR) is 91.0 cm³/mol. The average molecular weight is 333 g/mol. The smallest absolute Gasteiger partial charge is 0.0500 e. The molecule has 1 heterocycles. The molecular weight excluding hydrogens is 311 g/mol. The van der Waals surface area contributed by atoms with Crippen molar-refractivity contribution in [2.45, 2.75) is 31.1 Å². The maximum absolute atomic E-state index is 6.35. The normalized spacial score (nSPS) is 21.4. The molecule has 1 atom stereocenters. The third-order valence-corrected chi connectivity index (χ3v) is 5.90. The van der Waals surface area contributed by atoms with E-state index >= 15 is 0 Å². The van der Waals surface area contributed by atoms with Gasteiger partial charge < -0.3 is 5.73 Å². The second kappa shape index (κ2) is 6.89. The fraction of sp³-hybridized carbons (Fsp3) is 0.600. The number of hydrogen-bond donors (Lipinski definition) is 1. The standard InChI is InChI=1S/C15H22Cl2N2S/c1-15(2)6-7-19(8-9-20-15)13(10-18)14-11(16)4-3-5-12(14)17/h3-5,13H,6-10,18H2,1-2H3. The van der Waals surface area contributed by atoms with E-state index in [2.05, 4.69) is 18.7 Å². The minimum atomic E-state index is 0.102. The van der Waals surface area contributed by atoms with E-state index in [0.29, 0.717) is 21.3 Å². The van der Waals surface area contributed by atoms with Crippen molar-refractivity contribution < 1.29 is 0 Å². The quantitative estimate of drug-likeness (QED) is 0.898. The minimum absolute atomic E-state index is 0.102. The highest BCUT2D eigenvalue weighted by molar-refractivity contribution is 8.00. The lowest BCUT2D eigenvalue weighted by Crippen LogP contribution is -2.36. The summed E-state index contributed by atoms with van der Waals surface area (Å²) in [4.78, 5) is 2.43. The maximum Gasteiger partial charge on any atom is 0.0500 e. The van der Waals surface area contributed by atoms with Crippen molar-refractivity contribution >= 4 is 35.0 Å². The molecule has 0 saturated carbocycles. The summed E-state index contributed by atoms with van der Waals surface area (Å²) in [5.74, 6) is 1.12. The van der Waals surface area contributed by atoms with Crippen molar-refractivity contribution in [3.05, 3.63) is 33.8 Å². The summed E-state index contributed by atoms with van der Waals surface area (Å²) in [6.07, 6.45) is 1.15. The van der Waals surface area contributed by atoms with Gasteiger partial charge in [-0.2, -0.15) is 11.8 Å². The van der Waals surface area contributed by atoms with E-state index < -0.39 is 0 Å². The molecule has 1 unspecified atom stereocenters. The zero-order chi connectivity index (χ0) is 14.8. The van der Waals surface area contributed by atoms with Gasteiger partial charge in [-0.25, -0.2) is 0 Å². The van der Waals surface area contributed by atoms with Crippen LogP contribution < -0.4 is 5.73 Å². The van der Waals surface area contributed by atoms with E-state index in [9.17, 15) is 0 Å². The minimum Gasteiger partial charge on any atom is -0.329 e. The van der Waals surface area contributed by atoms with E-state index in [0.717, 1.165) is 30.8 Å². The van der Waals surface area contributed by atoms with Gasteiger partial charge in [0.15, 0.2) is 0 Å². The van der Waals surface area contributed by atoms with Gasteiger partial charge in [-0.15, -0.1) is 0 Å². The molecule has 0 aromatic heterocycles. The lowest BCUT2D eigenvalue weighted by molar-refractivity contribution is 0.211. The predicted octanol–water partition coefficient (Wildman–Crippen LogP) is 4.21. The van der Waals surface area contributed by atoms with Gasteiger partial charge in [-0.3, -0.25) is 4.90 Å². The van der Waals surface area contributed by atoms with Crippen LogP contribution in [0.5, 0.6) is 0 Å². The van der Waals surface area contributed by atoms with Crippen LogP contribution in [-0.4, -0.2) is 35.0 Å². The Morgan fingerprint density at radius 2 is 1.95 bits per heavy atom. The summed E-state index contributed by atoms with van der Waals surface area (Å²) in [7, 11) is 0. The van der Waals surface area contributed by atoms with Crippen LogP contribution >= 0.6 is 35.0 Å². The Morgan fingerprint density at radius 1 is 1.30 bits per heavy atom. The lowest BCUT2D eigenvalue weighted by atomic mass is 10.0. The van der Waals surface area contributed by atoms with Crippen LogP contribution in [0.2, 0.25) is 10.0 Å². The second-order valence-corrected chi connectivity index (χ2v) is 8.40. The van der Waals surface area contributed by atoms with Gasteiger partial charge in [0.05, 0.1) is 0 Å². The molecule has 1 aromatic rings. The van der Waals surface area contributed by atoms with E-state index in [4.69, 9.17) is 28.9 Å². The number of hydrogen-bond acceptors (Lipinski definition) is 3. The number of nitrogens with two attached hydrogens (primary N) is 1. The highest BCUT2D eigenvalue weighted by Gasteiger charge is 2.29. The first-order valence-electron chi connectivity index (χ1n) is 6.96. The number of benzene rings is 1. The molecule has 20 heavy (non-hydrogen) atoms. The Labute approximate surface area is 136 Å². The summed E-state index contributed by atoms with van der Waals surface area (Å²) < 4.78 is 0.332. The highest BCUT2D eigenvalue weighted by atomic mass is 35.5. The van der Waals surface area contributed by atoms with Crippen molar-refractivity contribution in [1.29, 1.82) is 0 Å². The number of halogens is 2. The summed E-state index contributed by atoms with van der Waals surface area (Å²) in [6, 6.07) is 5.76. The molecule has 5 heteroatoms. The Morgan fingerprint density at radius 3 is 2.55 bits per heavy atom. The van der Waals surface area contributed by atoms with Crippen LogP contribution in [0.1, 0.15) is 31.9 Å². The van der Waals surface area contributed by atoms with Crippen molar-refractivity contribution in [1.82, 2.24) is 4.90 Å². The monoisotopic (exact) mass is 332 g/mol. The van der Waals surface area contributed by atoms with Crippen LogP contribution in [-0.2, 0) is 0 Å². The molecule has 0 bridgehead atoms. The highest BCUT2D eigenvalue weighted by Crippen LogP contribution is 2.37. The maximum atomic E-state index is 6.35. The van der Waals surface area contributed by atoms with Gasteiger partial charge in [-0.05, 0) is 18.6 Å². The first kappa shape index (κ1) is 16.4. The molecule has 1 aromatic carbocycles. The van der Waals surface area contributed by atoms with E-state index in [-0.39, 0.29) is 6.04 Å². The summed E-state index contributed by atoms with van der Waals surface area (Å²) >= 11 is 14.7. The van der Waals surface area contributed by atoms with E-state index in [1.54, 1.807) is 0 Å². The van der Waals surface area contributed by atoms with Gasteiger partial charge in [0.1, 0.15) is 0 Å². The molecule has 2 N–H and O–H groups in total. The molecule has 0 radical (unpaired) electrons. The third-order valence-electron chi connectivity index (χ3n) is 3.87. The van der Waals surface area contributed by atoms with Crippen LogP contribution in [0, 0.1) is 0 Å². The van der Waals surface area contributed by atoms with Crippen LogP contribution in [0.3, 0.4) is 0 Å². The summed E-state index contributed by atoms with van der Waals surface area (Å²) in [5, 5.41) is 1.42. The molecule has 1 fully saturated rings. The lowest BCUT2D eigenvalue weighted by Gasteiger charge is -2.31. The fourth-order valence-electron chi connectivity index (χ4n) is 2.63. The van der Waals surface area contributed by atoms with Gasteiger partial charge in [0.25, 0.3) is 0 Å². The second-order valence-electron chi connectivity index (χ2n) is 5.78. The summed E-state index contributed by atoms with van der Waals surface area (Å²) in [5.41, 5.74) is 7.00. The van der Waals surface area contributed by atoms with Crippen molar-refractivity contribution in [2.75, 3.05) is 25.4 Å². The van der Waals surface area contributed by atoms with Crippen LogP contribution in [0.15, 0.2) is 18.2 Å². The fourth-order valence-corrected chi connectivity index (χ4v) is 4.39. The SMILES string of the molecule is CC1(C)CCN(C(CN)c2c(Cl)cccc2Cl)CCS1. The third kappa shape index (κ3) is 3.83. The zero-order valence-corrected chi connectivity index (χ0v) is 14.4. The number of thioether (sulfide) groups is 1. The molecule has 2 rings (SSSR count). The molecule has 0 spiro atoms. The van der Waals surface area contributed by atoms with Gasteiger partial charge in [0, 0.05) is 51.8 Å². The molecule has 2 nitrogen and oxygen atoms in total. The Bertz CT molecular complexity index is 445. The molecule has 0 aliphatic carbocycles. The molecular formula is C15H22Cl2N2S. The van der Waals surface area contributed by atoms with Crippen molar-refractivity contribution in [3.63, 3.8) is 0 Å². The van der Waals surface area contributed by atoms with E-state index in [1.807, 2.05) is 30.0 Å². The Kier molecular flexibility index (Phi) is 5.66. The zero-order valence-electron chi connectivity index (χ0n) is 12.0. The van der Waals surface area contributed by atoms with Crippen LogP contribution in [0.4, 0.5) is 0 Å².